The van der Waals surface area contributed by atoms with E-state index in [1.807, 2.05) is 13.8 Å². The van der Waals surface area contributed by atoms with Crippen LogP contribution in [-0.2, 0) is 0 Å². The van der Waals surface area contributed by atoms with Crippen molar-refractivity contribution in [1.82, 2.24) is 10.2 Å². The molecule has 2 amide bonds. The molecule has 1 N–H and O–H groups in total. The molecule has 0 rings (SSSR count). The van der Waals surface area contributed by atoms with Crippen LogP contribution < -0.4 is 5.32 Å². The fraction of sp³-hybridized carbons (Fsp3) is 0.615. The highest BCUT2D eigenvalue weighted by molar-refractivity contribution is 5.74. The largest absolute Gasteiger partial charge is 0.338 e. The molecule has 16 heavy (non-hydrogen) atoms. The Morgan fingerprint density at radius 3 is 2.06 bits per heavy atom. The van der Waals surface area contributed by atoms with Gasteiger partial charge in [0.2, 0.25) is 0 Å². The molecule has 0 aliphatic rings. The van der Waals surface area contributed by atoms with E-state index in [0.29, 0.717) is 13.1 Å². The number of hydrogen-bond acceptors (Lipinski definition) is 1. The van der Waals surface area contributed by atoms with E-state index in [4.69, 9.17) is 0 Å². The number of unbranched alkanes of at least 4 members (excludes halogenated alkanes) is 1. The molecule has 3 nitrogen and oxygen atoms in total. The van der Waals surface area contributed by atoms with Gasteiger partial charge in [0.1, 0.15) is 0 Å². The maximum absolute atomic E-state index is 11.8. The molecule has 0 saturated carbocycles. The Morgan fingerprint density at radius 1 is 1.19 bits per heavy atom. The lowest BCUT2D eigenvalue weighted by Gasteiger charge is -2.23. The third-order valence-corrected chi connectivity index (χ3v) is 2.02. The molecule has 0 fully saturated rings. The van der Waals surface area contributed by atoms with Crippen molar-refractivity contribution in [3.05, 3.63) is 24.3 Å². The van der Waals surface area contributed by atoms with Crippen molar-refractivity contribution < 1.29 is 4.79 Å². The molecule has 92 valence electrons. The first kappa shape index (κ1) is 14.8. The molecule has 0 aliphatic carbocycles. The van der Waals surface area contributed by atoms with Gasteiger partial charge < -0.3 is 10.2 Å². The van der Waals surface area contributed by atoms with Gasteiger partial charge in [-0.1, -0.05) is 37.6 Å². The first-order valence-electron chi connectivity index (χ1n) is 5.79. The SMILES string of the molecule is C=C(C)CN(CC(=C)C)C(=O)NCCCC. The molecule has 3 heteroatoms. The van der Waals surface area contributed by atoms with E-state index in [2.05, 4.69) is 25.4 Å². The van der Waals surface area contributed by atoms with Crippen LogP contribution in [0.5, 0.6) is 0 Å². The monoisotopic (exact) mass is 224 g/mol. The zero-order valence-corrected chi connectivity index (χ0v) is 10.8. The van der Waals surface area contributed by atoms with Crippen molar-refractivity contribution >= 4 is 6.03 Å². The molecule has 0 spiro atoms. The molecule has 0 aliphatic heterocycles. The number of carbonyl (C=O) groups excluding carboxylic acids is 1. The molecule has 0 saturated heterocycles. The molecule has 0 radical (unpaired) electrons. The summed E-state index contributed by atoms with van der Waals surface area (Å²) >= 11 is 0. The molecule has 0 heterocycles. The normalized spacial score (nSPS) is 9.69. The van der Waals surface area contributed by atoms with E-state index >= 15 is 0 Å². The van der Waals surface area contributed by atoms with Crippen molar-refractivity contribution in [2.75, 3.05) is 19.6 Å². The zero-order chi connectivity index (χ0) is 12.6. The Kier molecular flexibility index (Phi) is 7.34. The van der Waals surface area contributed by atoms with Gasteiger partial charge in [-0.2, -0.15) is 0 Å². The van der Waals surface area contributed by atoms with Crippen LogP contribution in [0.1, 0.15) is 33.6 Å². The zero-order valence-electron chi connectivity index (χ0n) is 10.8. The van der Waals surface area contributed by atoms with Crippen LogP contribution in [-0.4, -0.2) is 30.6 Å². The van der Waals surface area contributed by atoms with Crippen LogP contribution in [0.3, 0.4) is 0 Å². The van der Waals surface area contributed by atoms with E-state index in [0.717, 1.165) is 30.5 Å². The standard InChI is InChI=1S/C13H24N2O/c1-6-7-8-14-13(16)15(9-11(2)3)10-12(4)5/h2,4,6-10H2,1,3,5H3,(H,14,16). The van der Waals surface area contributed by atoms with Gasteiger partial charge in [0.25, 0.3) is 0 Å². The lowest BCUT2D eigenvalue weighted by molar-refractivity contribution is 0.206. The number of rotatable bonds is 7. The average Bonchev–Trinajstić information content (AvgIpc) is 2.15. The second-order valence-corrected chi connectivity index (χ2v) is 4.36. The summed E-state index contributed by atoms with van der Waals surface area (Å²) in [6.45, 7) is 15.5. The van der Waals surface area contributed by atoms with Gasteiger partial charge in [0, 0.05) is 19.6 Å². The van der Waals surface area contributed by atoms with Crippen molar-refractivity contribution in [2.24, 2.45) is 0 Å². The van der Waals surface area contributed by atoms with Crippen molar-refractivity contribution in [3.8, 4) is 0 Å². The Balaban J connectivity index is 4.20. The summed E-state index contributed by atoms with van der Waals surface area (Å²) in [6.07, 6.45) is 2.10. The minimum absolute atomic E-state index is 0.0283. The first-order valence-corrected chi connectivity index (χ1v) is 5.79. The van der Waals surface area contributed by atoms with Crippen LogP contribution in [0.2, 0.25) is 0 Å². The Morgan fingerprint density at radius 2 is 1.69 bits per heavy atom. The first-order chi connectivity index (χ1) is 7.47. The summed E-state index contributed by atoms with van der Waals surface area (Å²) in [5.41, 5.74) is 1.96. The van der Waals surface area contributed by atoms with Crippen LogP contribution in [0.15, 0.2) is 24.3 Å². The van der Waals surface area contributed by atoms with Gasteiger partial charge in [-0.25, -0.2) is 4.79 Å². The number of carbonyl (C=O) groups is 1. The number of nitrogens with one attached hydrogen (secondary N) is 1. The highest BCUT2D eigenvalue weighted by Gasteiger charge is 2.12. The van der Waals surface area contributed by atoms with E-state index < -0.39 is 0 Å². The molecular formula is C13H24N2O. The van der Waals surface area contributed by atoms with Crippen LogP contribution in [0, 0.1) is 0 Å². The highest BCUT2D eigenvalue weighted by atomic mass is 16.2. The van der Waals surface area contributed by atoms with Crippen molar-refractivity contribution in [1.29, 1.82) is 0 Å². The molecule has 0 atom stereocenters. The van der Waals surface area contributed by atoms with Crippen LogP contribution >= 0.6 is 0 Å². The quantitative estimate of drug-likeness (QED) is 0.523. The molecule has 0 aromatic heterocycles. The minimum Gasteiger partial charge on any atom is -0.338 e. The second-order valence-electron chi connectivity index (χ2n) is 4.36. The smallest absolute Gasteiger partial charge is 0.317 e. The number of urea groups is 1. The molecule has 0 bridgehead atoms. The molecule has 0 aromatic carbocycles. The Bertz CT molecular complexity index is 243. The molecule has 0 aromatic rings. The van der Waals surface area contributed by atoms with Gasteiger partial charge in [-0.05, 0) is 20.3 Å². The van der Waals surface area contributed by atoms with Gasteiger partial charge in [-0.15, -0.1) is 0 Å². The maximum atomic E-state index is 11.8. The van der Waals surface area contributed by atoms with E-state index in [1.54, 1.807) is 4.90 Å². The summed E-state index contributed by atoms with van der Waals surface area (Å²) in [5, 5.41) is 2.90. The lowest BCUT2D eigenvalue weighted by atomic mass is 10.2. The predicted molar refractivity (Wildman–Crippen MR) is 69.5 cm³/mol. The number of nitrogens with zero attached hydrogens (tertiary/aromatic N) is 1. The van der Waals surface area contributed by atoms with Crippen molar-refractivity contribution in [3.63, 3.8) is 0 Å². The van der Waals surface area contributed by atoms with Gasteiger partial charge in [0.15, 0.2) is 0 Å². The van der Waals surface area contributed by atoms with E-state index in [9.17, 15) is 4.79 Å². The van der Waals surface area contributed by atoms with Crippen molar-refractivity contribution in [2.45, 2.75) is 33.6 Å². The molecule has 0 unspecified atom stereocenters. The van der Waals surface area contributed by atoms with Crippen LogP contribution in [0.4, 0.5) is 4.79 Å². The summed E-state index contributed by atoms with van der Waals surface area (Å²) in [7, 11) is 0. The lowest BCUT2D eigenvalue weighted by Crippen LogP contribution is -2.41. The fourth-order valence-electron chi connectivity index (χ4n) is 1.34. The maximum Gasteiger partial charge on any atom is 0.317 e. The minimum atomic E-state index is -0.0283. The summed E-state index contributed by atoms with van der Waals surface area (Å²) in [5.74, 6) is 0. The van der Waals surface area contributed by atoms with Gasteiger partial charge >= 0.3 is 6.03 Å². The van der Waals surface area contributed by atoms with Gasteiger partial charge in [-0.3, -0.25) is 0 Å². The summed E-state index contributed by atoms with van der Waals surface area (Å²) < 4.78 is 0. The number of amides is 2. The summed E-state index contributed by atoms with van der Waals surface area (Å²) in [6, 6.07) is -0.0283. The van der Waals surface area contributed by atoms with Crippen LogP contribution in [0.25, 0.3) is 0 Å². The fourth-order valence-corrected chi connectivity index (χ4v) is 1.34. The van der Waals surface area contributed by atoms with E-state index in [1.165, 1.54) is 0 Å². The Labute approximate surface area is 99.2 Å². The Hall–Kier alpha value is -1.25. The molecular weight excluding hydrogens is 200 g/mol. The third kappa shape index (κ3) is 7.10. The predicted octanol–water partition coefficient (Wildman–Crippen LogP) is 2.95. The second kappa shape index (κ2) is 7.97. The summed E-state index contributed by atoms with van der Waals surface area (Å²) in [4.78, 5) is 13.6. The number of hydrogen-bond donors (Lipinski definition) is 1. The highest BCUT2D eigenvalue weighted by Crippen LogP contribution is 2.01. The third-order valence-electron chi connectivity index (χ3n) is 2.02. The average molecular weight is 224 g/mol. The van der Waals surface area contributed by atoms with Gasteiger partial charge in [0.05, 0.1) is 0 Å². The topological polar surface area (TPSA) is 32.3 Å². The van der Waals surface area contributed by atoms with E-state index in [-0.39, 0.29) is 6.03 Å².